The molecule has 0 amide bonds. The molecule has 1 heterocycles. The van der Waals surface area contributed by atoms with Gasteiger partial charge in [0.1, 0.15) is 0 Å². The predicted molar refractivity (Wildman–Crippen MR) is 57.7 cm³/mol. The van der Waals surface area contributed by atoms with Gasteiger partial charge in [0.2, 0.25) is 0 Å². The minimum absolute atomic E-state index is 0.175. The number of aromatic hydroxyl groups is 1. The van der Waals surface area contributed by atoms with Crippen molar-refractivity contribution >= 4 is 5.69 Å². The third-order valence-corrected chi connectivity index (χ3v) is 2.54. The molecule has 1 aromatic rings. The maximum absolute atomic E-state index is 9.47. The molecule has 2 rings (SSSR count). The van der Waals surface area contributed by atoms with Gasteiger partial charge in [-0.15, -0.1) is 0 Å². The molecule has 0 aliphatic carbocycles. The molecule has 1 aliphatic heterocycles. The van der Waals surface area contributed by atoms with E-state index in [0.717, 1.165) is 32.0 Å². The fourth-order valence-corrected chi connectivity index (χ4v) is 1.68. The first-order valence-electron chi connectivity index (χ1n) is 5.01. The molecule has 0 saturated carbocycles. The normalized spacial score (nSPS) is 16.5. The van der Waals surface area contributed by atoms with Crippen molar-refractivity contribution in [2.24, 2.45) is 0 Å². The Hall–Kier alpha value is -1.42. The van der Waals surface area contributed by atoms with Crippen LogP contribution in [-0.4, -0.2) is 38.5 Å². The van der Waals surface area contributed by atoms with E-state index >= 15 is 0 Å². The van der Waals surface area contributed by atoms with E-state index in [2.05, 4.69) is 4.90 Å². The summed E-state index contributed by atoms with van der Waals surface area (Å²) in [6.45, 7) is 3.27. The molecular weight excluding hydrogens is 194 g/mol. The standard InChI is InChI=1S/C11H15NO3/c1-14-11-8-9(2-3-10(11)13)12-4-6-15-7-5-12/h2-3,8,13H,4-7H2,1H3. The summed E-state index contributed by atoms with van der Waals surface area (Å²) in [7, 11) is 1.55. The summed E-state index contributed by atoms with van der Waals surface area (Å²) in [5.41, 5.74) is 1.06. The van der Waals surface area contributed by atoms with Crippen molar-refractivity contribution in [3.8, 4) is 11.5 Å². The van der Waals surface area contributed by atoms with Crippen LogP contribution < -0.4 is 9.64 Å². The van der Waals surface area contributed by atoms with Gasteiger partial charge in [-0.3, -0.25) is 0 Å². The predicted octanol–water partition coefficient (Wildman–Crippen LogP) is 1.24. The third kappa shape index (κ3) is 2.15. The van der Waals surface area contributed by atoms with Crippen LogP contribution in [0.1, 0.15) is 0 Å². The number of phenols is 1. The van der Waals surface area contributed by atoms with Crippen molar-refractivity contribution < 1.29 is 14.6 Å². The van der Waals surface area contributed by atoms with Crippen LogP contribution in [0.2, 0.25) is 0 Å². The number of hydrogen-bond donors (Lipinski definition) is 1. The van der Waals surface area contributed by atoms with Crippen LogP contribution in [0.15, 0.2) is 18.2 Å². The van der Waals surface area contributed by atoms with E-state index in [1.807, 2.05) is 12.1 Å². The minimum Gasteiger partial charge on any atom is -0.504 e. The van der Waals surface area contributed by atoms with E-state index in [1.165, 1.54) is 0 Å². The molecule has 1 aromatic carbocycles. The van der Waals surface area contributed by atoms with Crippen LogP contribution in [-0.2, 0) is 4.74 Å². The minimum atomic E-state index is 0.175. The molecule has 1 N–H and O–H groups in total. The van der Waals surface area contributed by atoms with Gasteiger partial charge in [0, 0.05) is 24.8 Å². The summed E-state index contributed by atoms with van der Waals surface area (Å²) < 4.78 is 10.3. The number of methoxy groups -OCH3 is 1. The lowest BCUT2D eigenvalue weighted by Gasteiger charge is -2.29. The zero-order valence-corrected chi connectivity index (χ0v) is 8.77. The number of morpholine rings is 1. The lowest BCUT2D eigenvalue weighted by atomic mass is 10.2. The van der Waals surface area contributed by atoms with E-state index in [-0.39, 0.29) is 5.75 Å². The van der Waals surface area contributed by atoms with Crippen molar-refractivity contribution in [2.45, 2.75) is 0 Å². The summed E-state index contributed by atoms with van der Waals surface area (Å²) in [5, 5.41) is 9.47. The van der Waals surface area contributed by atoms with E-state index in [4.69, 9.17) is 9.47 Å². The topological polar surface area (TPSA) is 41.9 Å². The molecule has 1 fully saturated rings. The Labute approximate surface area is 89.0 Å². The van der Waals surface area contributed by atoms with Crippen LogP contribution in [0.25, 0.3) is 0 Å². The number of benzene rings is 1. The van der Waals surface area contributed by atoms with Gasteiger partial charge in [-0.25, -0.2) is 0 Å². The monoisotopic (exact) mass is 209 g/mol. The highest BCUT2D eigenvalue weighted by Gasteiger charge is 2.12. The second kappa shape index (κ2) is 4.40. The number of nitrogens with zero attached hydrogens (tertiary/aromatic N) is 1. The summed E-state index contributed by atoms with van der Waals surface area (Å²) in [6, 6.07) is 5.40. The summed E-state index contributed by atoms with van der Waals surface area (Å²) in [4.78, 5) is 2.21. The first-order valence-corrected chi connectivity index (χ1v) is 5.01. The molecule has 82 valence electrons. The second-order valence-electron chi connectivity index (χ2n) is 3.46. The Morgan fingerprint density at radius 2 is 2.07 bits per heavy atom. The summed E-state index contributed by atoms with van der Waals surface area (Å²) >= 11 is 0. The molecule has 0 atom stereocenters. The van der Waals surface area contributed by atoms with E-state index in [1.54, 1.807) is 13.2 Å². The Morgan fingerprint density at radius 1 is 1.33 bits per heavy atom. The molecule has 4 heteroatoms. The average molecular weight is 209 g/mol. The van der Waals surface area contributed by atoms with Crippen LogP contribution in [0.3, 0.4) is 0 Å². The van der Waals surface area contributed by atoms with Crippen molar-refractivity contribution in [3.63, 3.8) is 0 Å². The molecule has 0 aromatic heterocycles. The molecule has 1 aliphatic rings. The van der Waals surface area contributed by atoms with Gasteiger partial charge >= 0.3 is 0 Å². The van der Waals surface area contributed by atoms with Crippen LogP contribution in [0, 0.1) is 0 Å². The molecule has 15 heavy (non-hydrogen) atoms. The van der Waals surface area contributed by atoms with Crippen LogP contribution in [0.4, 0.5) is 5.69 Å². The first kappa shape index (κ1) is 10.1. The average Bonchev–Trinajstić information content (AvgIpc) is 2.31. The fraction of sp³-hybridized carbons (Fsp3) is 0.455. The fourth-order valence-electron chi connectivity index (χ4n) is 1.68. The zero-order chi connectivity index (χ0) is 10.7. The number of rotatable bonds is 2. The van der Waals surface area contributed by atoms with Gasteiger partial charge in [0.05, 0.1) is 20.3 Å². The molecule has 0 unspecified atom stereocenters. The highest BCUT2D eigenvalue weighted by molar-refractivity contribution is 5.56. The molecule has 1 saturated heterocycles. The Bertz CT molecular complexity index is 335. The SMILES string of the molecule is COc1cc(N2CCOCC2)ccc1O. The van der Waals surface area contributed by atoms with Gasteiger partial charge in [0.25, 0.3) is 0 Å². The molecule has 0 bridgehead atoms. The highest BCUT2D eigenvalue weighted by atomic mass is 16.5. The van der Waals surface area contributed by atoms with E-state index in [0.29, 0.717) is 5.75 Å². The smallest absolute Gasteiger partial charge is 0.162 e. The highest BCUT2D eigenvalue weighted by Crippen LogP contribution is 2.30. The quantitative estimate of drug-likeness (QED) is 0.795. The van der Waals surface area contributed by atoms with E-state index < -0.39 is 0 Å². The summed E-state index contributed by atoms with van der Waals surface area (Å²) in [5.74, 6) is 0.688. The Balaban J connectivity index is 2.20. The van der Waals surface area contributed by atoms with Gasteiger partial charge in [-0.2, -0.15) is 0 Å². The first-order chi connectivity index (χ1) is 7.31. The van der Waals surface area contributed by atoms with Crippen molar-refractivity contribution in [2.75, 3.05) is 38.3 Å². The molecule has 0 spiro atoms. The zero-order valence-electron chi connectivity index (χ0n) is 8.77. The van der Waals surface area contributed by atoms with Gasteiger partial charge in [0.15, 0.2) is 11.5 Å². The maximum Gasteiger partial charge on any atom is 0.162 e. The van der Waals surface area contributed by atoms with E-state index in [9.17, 15) is 5.11 Å². The van der Waals surface area contributed by atoms with Gasteiger partial charge in [-0.05, 0) is 12.1 Å². The maximum atomic E-state index is 9.47. The number of anilines is 1. The van der Waals surface area contributed by atoms with Crippen molar-refractivity contribution in [1.29, 1.82) is 0 Å². The molecule has 0 radical (unpaired) electrons. The largest absolute Gasteiger partial charge is 0.504 e. The molecule has 4 nitrogen and oxygen atoms in total. The summed E-state index contributed by atoms with van der Waals surface area (Å²) in [6.07, 6.45) is 0. The van der Waals surface area contributed by atoms with Crippen molar-refractivity contribution in [1.82, 2.24) is 0 Å². The molecular formula is C11H15NO3. The lowest BCUT2D eigenvalue weighted by molar-refractivity contribution is 0.122. The van der Waals surface area contributed by atoms with Crippen LogP contribution in [0.5, 0.6) is 11.5 Å². The Morgan fingerprint density at radius 3 is 2.73 bits per heavy atom. The Kier molecular flexibility index (Phi) is 2.97. The second-order valence-corrected chi connectivity index (χ2v) is 3.46. The number of hydrogen-bond acceptors (Lipinski definition) is 4. The van der Waals surface area contributed by atoms with Crippen molar-refractivity contribution in [3.05, 3.63) is 18.2 Å². The van der Waals surface area contributed by atoms with Gasteiger partial charge in [-0.1, -0.05) is 0 Å². The number of phenolic OH excluding ortho intramolecular Hbond substituents is 1. The van der Waals surface area contributed by atoms with Gasteiger partial charge < -0.3 is 19.5 Å². The lowest BCUT2D eigenvalue weighted by Crippen LogP contribution is -2.36. The number of ether oxygens (including phenoxy) is 2. The van der Waals surface area contributed by atoms with Crippen LogP contribution >= 0.6 is 0 Å². The third-order valence-electron chi connectivity index (χ3n) is 2.54.